The second kappa shape index (κ2) is 7.09. The molecule has 0 fully saturated rings. The number of esters is 1. The molecule has 0 N–H and O–H groups in total. The van der Waals surface area contributed by atoms with Crippen molar-refractivity contribution < 1.29 is 13.9 Å². The molecule has 1 aliphatic rings. The van der Waals surface area contributed by atoms with Crippen LogP contribution in [0.15, 0.2) is 75.8 Å². The Morgan fingerprint density at radius 3 is 2.69 bits per heavy atom. The minimum Gasteiger partial charge on any atom is -0.457 e. The normalized spacial score (nSPS) is 15.2. The number of ether oxygens (including phenoxy) is 1. The molecule has 0 radical (unpaired) electrons. The number of hydrogen-bond donors (Lipinski definition) is 0. The number of nitrogens with zero attached hydrogens (tertiary/aromatic N) is 1. The molecule has 4 rings (SSSR count). The largest absolute Gasteiger partial charge is 0.457 e. The van der Waals surface area contributed by atoms with Crippen LogP contribution in [0.3, 0.4) is 0 Å². The summed E-state index contributed by atoms with van der Waals surface area (Å²) in [7, 11) is 0. The Morgan fingerprint density at radius 1 is 1.04 bits per heavy atom. The average molecular weight is 476 g/mol. The van der Waals surface area contributed by atoms with Gasteiger partial charge in [0.25, 0.3) is 0 Å². The Balaban J connectivity index is 1.64. The topological polar surface area (TPSA) is 51.8 Å². The average Bonchev–Trinajstić information content (AvgIpc) is 3.23. The van der Waals surface area contributed by atoms with Crippen LogP contribution in [-0.2, 0) is 9.53 Å². The summed E-state index contributed by atoms with van der Waals surface area (Å²) in [5.41, 5.74) is 1.84. The van der Waals surface area contributed by atoms with E-state index in [4.69, 9.17) is 20.8 Å². The van der Waals surface area contributed by atoms with E-state index in [1.165, 1.54) is 0 Å². The first-order chi connectivity index (χ1) is 12.6. The van der Waals surface area contributed by atoms with Gasteiger partial charge in [0, 0.05) is 20.2 Å². The fourth-order valence-electron chi connectivity index (χ4n) is 2.52. The monoisotopic (exact) mass is 475 g/mol. The molecule has 6 heteroatoms. The predicted molar refractivity (Wildman–Crippen MR) is 109 cm³/mol. The van der Waals surface area contributed by atoms with E-state index in [0.717, 1.165) is 14.7 Å². The van der Waals surface area contributed by atoms with E-state index >= 15 is 0 Å². The molecular formula is C20H11ClINO3. The summed E-state index contributed by atoms with van der Waals surface area (Å²) >= 11 is 8.19. The summed E-state index contributed by atoms with van der Waals surface area (Å²) in [5, 5.41) is 0.630. The first-order valence-corrected chi connectivity index (χ1v) is 9.19. The van der Waals surface area contributed by atoms with Gasteiger partial charge < -0.3 is 9.15 Å². The van der Waals surface area contributed by atoms with Crippen molar-refractivity contribution in [2.75, 3.05) is 0 Å². The SMILES string of the molecule is O=C1OC(c2ccccc2I)=NC1=Cc1ccc(-c2cccc(Cl)c2)o1. The molecule has 0 saturated heterocycles. The van der Waals surface area contributed by atoms with E-state index in [2.05, 4.69) is 27.6 Å². The fourth-order valence-corrected chi connectivity index (χ4v) is 3.33. The van der Waals surface area contributed by atoms with E-state index in [-0.39, 0.29) is 5.70 Å². The number of hydrogen-bond acceptors (Lipinski definition) is 4. The van der Waals surface area contributed by atoms with Gasteiger partial charge in [-0.1, -0.05) is 35.9 Å². The van der Waals surface area contributed by atoms with Crippen molar-refractivity contribution in [3.05, 3.63) is 86.3 Å². The lowest BCUT2D eigenvalue weighted by Crippen LogP contribution is -2.06. The summed E-state index contributed by atoms with van der Waals surface area (Å²) < 4.78 is 12.0. The third kappa shape index (κ3) is 3.45. The zero-order chi connectivity index (χ0) is 18.1. The van der Waals surface area contributed by atoms with Gasteiger partial charge in [-0.3, -0.25) is 0 Å². The maximum Gasteiger partial charge on any atom is 0.363 e. The van der Waals surface area contributed by atoms with Gasteiger partial charge in [0.15, 0.2) is 5.70 Å². The fraction of sp³-hybridized carbons (Fsp3) is 0. The number of halogens is 2. The molecule has 0 amide bonds. The lowest BCUT2D eigenvalue weighted by Gasteiger charge is -2.01. The van der Waals surface area contributed by atoms with Crippen molar-refractivity contribution in [2.45, 2.75) is 0 Å². The minimum atomic E-state index is -0.500. The third-order valence-corrected chi connectivity index (χ3v) is 4.92. The van der Waals surface area contributed by atoms with Gasteiger partial charge in [0.05, 0.1) is 5.56 Å². The Labute approximate surface area is 168 Å². The number of rotatable bonds is 3. The molecule has 0 atom stereocenters. The number of carbonyl (C=O) groups is 1. The van der Waals surface area contributed by atoms with Crippen LogP contribution in [0.1, 0.15) is 11.3 Å². The Bertz CT molecular complexity index is 1070. The van der Waals surface area contributed by atoms with Crippen molar-refractivity contribution in [3.8, 4) is 11.3 Å². The van der Waals surface area contributed by atoms with Crippen molar-refractivity contribution >= 4 is 52.1 Å². The standard InChI is InChI=1S/C20H11ClINO3/c21-13-5-3-4-12(10-13)18-9-8-14(25-18)11-17-20(24)26-19(23-17)15-6-1-2-7-16(15)22/h1-11H. The molecule has 128 valence electrons. The minimum absolute atomic E-state index is 0.201. The van der Waals surface area contributed by atoms with Gasteiger partial charge in [0.2, 0.25) is 5.90 Å². The van der Waals surface area contributed by atoms with E-state index in [0.29, 0.717) is 22.4 Å². The Morgan fingerprint density at radius 2 is 1.88 bits per heavy atom. The third-order valence-electron chi connectivity index (χ3n) is 3.74. The van der Waals surface area contributed by atoms with E-state index in [9.17, 15) is 4.79 Å². The van der Waals surface area contributed by atoms with Gasteiger partial charge in [-0.15, -0.1) is 0 Å². The number of furan rings is 1. The summed E-state index contributed by atoms with van der Waals surface area (Å²) in [4.78, 5) is 16.4. The van der Waals surface area contributed by atoms with Gasteiger partial charge >= 0.3 is 5.97 Å². The molecule has 0 spiro atoms. The van der Waals surface area contributed by atoms with Gasteiger partial charge in [-0.2, -0.15) is 0 Å². The summed E-state index contributed by atoms with van der Waals surface area (Å²) in [5.74, 6) is 0.973. The number of cyclic esters (lactones) is 1. The van der Waals surface area contributed by atoms with Gasteiger partial charge in [-0.05, 0) is 59.0 Å². The highest BCUT2D eigenvalue weighted by molar-refractivity contribution is 14.1. The highest BCUT2D eigenvalue weighted by atomic mass is 127. The molecule has 2 heterocycles. The number of carbonyl (C=O) groups excluding carboxylic acids is 1. The van der Waals surface area contributed by atoms with E-state index < -0.39 is 5.97 Å². The van der Waals surface area contributed by atoms with Crippen LogP contribution in [0, 0.1) is 3.57 Å². The summed E-state index contributed by atoms with van der Waals surface area (Å²) in [6.45, 7) is 0. The predicted octanol–water partition coefficient (Wildman–Crippen LogP) is 5.55. The van der Waals surface area contributed by atoms with Crippen LogP contribution >= 0.6 is 34.2 Å². The molecule has 3 aromatic rings. The lowest BCUT2D eigenvalue weighted by molar-refractivity contribution is -0.129. The van der Waals surface area contributed by atoms with Crippen molar-refractivity contribution in [1.29, 1.82) is 0 Å². The second-order valence-corrected chi connectivity index (χ2v) is 7.13. The first kappa shape index (κ1) is 17.1. The smallest absolute Gasteiger partial charge is 0.363 e. The molecule has 4 nitrogen and oxygen atoms in total. The first-order valence-electron chi connectivity index (χ1n) is 7.73. The van der Waals surface area contributed by atoms with Crippen LogP contribution in [-0.4, -0.2) is 11.9 Å². The Kier molecular flexibility index (Phi) is 4.65. The molecule has 0 saturated carbocycles. The van der Waals surface area contributed by atoms with Gasteiger partial charge in [-0.25, -0.2) is 9.79 Å². The van der Waals surface area contributed by atoms with Crippen LogP contribution < -0.4 is 0 Å². The Hall–Kier alpha value is -2.38. The highest BCUT2D eigenvalue weighted by Crippen LogP contribution is 2.27. The zero-order valence-corrected chi connectivity index (χ0v) is 16.2. The van der Waals surface area contributed by atoms with Crippen LogP contribution in [0.25, 0.3) is 17.4 Å². The molecule has 2 aromatic carbocycles. The molecule has 1 aromatic heterocycles. The second-order valence-electron chi connectivity index (χ2n) is 5.53. The zero-order valence-electron chi connectivity index (χ0n) is 13.3. The van der Waals surface area contributed by atoms with Crippen molar-refractivity contribution in [1.82, 2.24) is 0 Å². The summed E-state index contributed by atoms with van der Waals surface area (Å²) in [6, 6.07) is 18.5. The molecule has 0 bridgehead atoms. The van der Waals surface area contributed by atoms with Crippen molar-refractivity contribution in [2.24, 2.45) is 4.99 Å². The lowest BCUT2D eigenvalue weighted by atomic mass is 10.2. The van der Waals surface area contributed by atoms with Crippen LogP contribution in [0.2, 0.25) is 5.02 Å². The van der Waals surface area contributed by atoms with Crippen molar-refractivity contribution in [3.63, 3.8) is 0 Å². The highest BCUT2D eigenvalue weighted by Gasteiger charge is 2.25. The number of benzene rings is 2. The quantitative estimate of drug-likeness (QED) is 0.284. The van der Waals surface area contributed by atoms with E-state index in [1.807, 2.05) is 48.5 Å². The summed E-state index contributed by atoms with van der Waals surface area (Å²) in [6.07, 6.45) is 1.57. The molecular weight excluding hydrogens is 465 g/mol. The maximum atomic E-state index is 12.1. The molecule has 26 heavy (non-hydrogen) atoms. The maximum absolute atomic E-state index is 12.1. The van der Waals surface area contributed by atoms with Crippen LogP contribution in [0.4, 0.5) is 0 Å². The van der Waals surface area contributed by atoms with E-state index in [1.54, 1.807) is 18.2 Å². The number of aliphatic imine (C=N–C) groups is 1. The molecule has 1 aliphatic heterocycles. The van der Waals surface area contributed by atoms with Crippen LogP contribution in [0.5, 0.6) is 0 Å². The molecule has 0 aliphatic carbocycles. The van der Waals surface area contributed by atoms with Gasteiger partial charge in [0.1, 0.15) is 11.5 Å². The molecule has 0 unspecified atom stereocenters.